The molecule has 5 nitrogen and oxygen atoms in total. The van der Waals surface area contributed by atoms with Crippen LogP contribution in [0.3, 0.4) is 0 Å². The zero-order valence-electron chi connectivity index (χ0n) is 13.5. The Hall–Kier alpha value is -2.69. The highest BCUT2D eigenvalue weighted by atomic mass is 16.2. The smallest absolute Gasteiger partial charge is 0.226 e. The van der Waals surface area contributed by atoms with Crippen molar-refractivity contribution in [2.45, 2.75) is 19.8 Å². The molecule has 2 rings (SSSR count). The molecule has 23 heavy (non-hydrogen) atoms. The maximum Gasteiger partial charge on any atom is 0.226 e. The molecule has 0 aliphatic rings. The predicted molar refractivity (Wildman–Crippen MR) is 90.0 cm³/mol. The fraction of sp³-hybridized carbons (Fsp3) is 0.278. The van der Waals surface area contributed by atoms with Crippen molar-refractivity contribution < 1.29 is 9.59 Å². The average molecular weight is 311 g/mol. The quantitative estimate of drug-likeness (QED) is 0.890. The highest BCUT2D eigenvalue weighted by molar-refractivity contribution is 5.88. The van der Waals surface area contributed by atoms with Gasteiger partial charge in [-0.2, -0.15) is 0 Å². The molecule has 2 amide bonds. The number of nitrogens with one attached hydrogen (secondary N) is 1. The fourth-order valence-electron chi connectivity index (χ4n) is 2.17. The normalized spacial score (nSPS) is 10.2. The number of likely N-dealkylation sites (N-methyl/N-ethyl adjacent to an activating group) is 1. The number of hydrogen-bond donors (Lipinski definition) is 1. The van der Waals surface area contributed by atoms with Crippen molar-refractivity contribution in [2.75, 3.05) is 18.9 Å². The van der Waals surface area contributed by atoms with Gasteiger partial charge in [0.05, 0.1) is 6.42 Å². The molecule has 0 bridgehead atoms. The number of nitrogens with zero attached hydrogens (tertiary/aromatic N) is 2. The molecule has 0 spiro atoms. The average Bonchev–Trinajstić information content (AvgIpc) is 2.55. The summed E-state index contributed by atoms with van der Waals surface area (Å²) >= 11 is 0. The Morgan fingerprint density at radius 2 is 1.87 bits per heavy atom. The van der Waals surface area contributed by atoms with Crippen molar-refractivity contribution in [2.24, 2.45) is 0 Å². The van der Waals surface area contributed by atoms with Crippen LogP contribution in [0, 0.1) is 0 Å². The van der Waals surface area contributed by atoms with Crippen LogP contribution in [-0.2, 0) is 22.4 Å². The maximum absolute atomic E-state index is 12.2. The Morgan fingerprint density at radius 1 is 1.13 bits per heavy atom. The first kappa shape index (κ1) is 16.7. The second-order valence-electron chi connectivity index (χ2n) is 5.44. The molecular formula is C18H21N3O2. The third-order valence-electron chi connectivity index (χ3n) is 3.48. The zero-order chi connectivity index (χ0) is 16.7. The summed E-state index contributed by atoms with van der Waals surface area (Å²) in [6.45, 7) is 2.10. The molecule has 1 aromatic carbocycles. The largest absolute Gasteiger partial charge is 0.345 e. The van der Waals surface area contributed by atoms with Crippen molar-refractivity contribution in [3.05, 3.63) is 59.9 Å². The van der Waals surface area contributed by atoms with Crippen LogP contribution in [0.15, 0.2) is 48.7 Å². The van der Waals surface area contributed by atoms with Gasteiger partial charge in [-0.3, -0.25) is 14.6 Å². The van der Waals surface area contributed by atoms with Crippen LogP contribution >= 0.6 is 0 Å². The zero-order valence-corrected chi connectivity index (χ0v) is 13.5. The lowest BCUT2D eigenvalue weighted by molar-refractivity contribution is -0.129. The van der Waals surface area contributed by atoms with E-state index >= 15 is 0 Å². The van der Waals surface area contributed by atoms with E-state index in [0.717, 1.165) is 23.4 Å². The van der Waals surface area contributed by atoms with Crippen molar-refractivity contribution in [1.82, 2.24) is 9.88 Å². The first-order chi connectivity index (χ1) is 11.0. The van der Waals surface area contributed by atoms with Gasteiger partial charge in [0.25, 0.3) is 0 Å². The minimum Gasteiger partial charge on any atom is -0.345 e. The molecule has 1 heterocycles. The first-order valence-corrected chi connectivity index (χ1v) is 7.55. The van der Waals surface area contributed by atoms with E-state index in [0.29, 0.717) is 13.0 Å². The lowest BCUT2D eigenvalue weighted by Crippen LogP contribution is -2.30. The highest BCUT2D eigenvalue weighted by Gasteiger charge is 2.10. The van der Waals surface area contributed by atoms with Gasteiger partial charge in [-0.1, -0.05) is 18.2 Å². The molecule has 0 fully saturated rings. The first-order valence-electron chi connectivity index (χ1n) is 7.55. The summed E-state index contributed by atoms with van der Waals surface area (Å²) in [7, 11) is 1.80. The van der Waals surface area contributed by atoms with E-state index in [1.165, 1.54) is 6.92 Å². The molecule has 2 aromatic rings. The Bertz CT molecular complexity index is 654. The van der Waals surface area contributed by atoms with Gasteiger partial charge in [-0.25, -0.2) is 0 Å². The van der Waals surface area contributed by atoms with Gasteiger partial charge >= 0.3 is 0 Å². The SMILES string of the molecule is CC(=O)Nc1ccc(CC(=O)N(C)CCc2ccccn2)cc1. The number of rotatable bonds is 6. The third-order valence-corrected chi connectivity index (χ3v) is 3.48. The monoisotopic (exact) mass is 311 g/mol. The predicted octanol–water partition coefficient (Wildman–Crippen LogP) is 2.28. The van der Waals surface area contributed by atoms with Gasteiger partial charge in [0, 0.05) is 44.5 Å². The van der Waals surface area contributed by atoms with Gasteiger partial charge in [-0.15, -0.1) is 0 Å². The van der Waals surface area contributed by atoms with Gasteiger partial charge in [0.1, 0.15) is 0 Å². The van der Waals surface area contributed by atoms with E-state index < -0.39 is 0 Å². The van der Waals surface area contributed by atoms with Crippen molar-refractivity contribution >= 4 is 17.5 Å². The fourth-order valence-corrected chi connectivity index (χ4v) is 2.17. The van der Waals surface area contributed by atoms with E-state index in [-0.39, 0.29) is 11.8 Å². The third kappa shape index (κ3) is 5.54. The van der Waals surface area contributed by atoms with Gasteiger partial charge in [-0.05, 0) is 29.8 Å². The van der Waals surface area contributed by atoms with Gasteiger partial charge < -0.3 is 10.2 Å². The molecule has 0 radical (unpaired) electrons. The second kappa shape index (κ2) is 8.08. The van der Waals surface area contributed by atoms with E-state index in [1.807, 2.05) is 30.3 Å². The summed E-state index contributed by atoms with van der Waals surface area (Å²) in [4.78, 5) is 29.2. The number of benzene rings is 1. The van der Waals surface area contributed by atoms with Crippen LogP contribution in [0.4, 0.5) is 5.69 Å². The lowest BCUT2D eigenvalue weighted by atomic mass is 10.1. The van der Waals surface area contributed by atoms with E-state index in [1.54, 1.807) is 30.3 Å². The number of aromatic nitrogens is 1. The van der Waals surface area contributed by atoms with Gasteiger partial charge in [0.15, 0.2) is 0 Å². The Balaban J connectivity index is 1.84. The molecule has 0 saturated heterocycles. The molecular weight excluding hydrogens is 290 g/mol. The maximum atomic E-state index is 12.2. The number of carbonyl (C=O) groups excluding carboxylic acids is 2. The summed E-state index contributed by atoms with van der Waals surface area (Å²) in [5.41, 5.74) is 2.64. The molecule has 0 aliphatic heterocycles. The minimum atomic E-state index is -0.108. The van der Waals surface area contributed by atoms with Crippen LogP contribution in [0.1, 0.15) is 18.2 Å². The van der Waals surface area contributed by atoms with Crippen molar-refractivity contribution in [1.29, 1.82) is 0 Å². The van der Waals surface area contributed by atoms with Gasteiger partial charge in [0.2, 0.25) is 11.8 Å². The second-order valence-corrected chi connectivity index (χ2v) is 5.44. The molecule has 0 saturated carbocycles. The molecule has 0 aliphatic carbocycles. The molecule has 0 atom stereocenters. The van der Waals surface area contributed by atoms with E-state index in [4.69, 9.17) is 0 Å². The topological polar surface area (TPSA) is 62.3 Å². The number of pyridine rings is 1. The molecule has 5 heteroatoms. The van der Waals surface area contributed by atoms with Crippen LogP contribution in [0.2, 0.25) is 0 Å². The number of anilines is 1. The van der Waals surface area contributed by atoms with Crippen LogP contribution in [-0.4, -0.2) is 35.3 Å². The molecule has 1 aromatic heterocycles. The number of carbonyl (C=O) groups is 2. The summed E-state index contributed by atoms with van der Waals surface area (Å²) in [6.07, 6.45) is 2.84. The van der Waals surface area contributed by atoms with Crippen LogP contribution in [0.5, 0.6) is 0 Å². The van der Waals surface area contributed by atoms with Crippen molar-refractivity contribution in [3.8, 4) is 0 Å². The standard InChI is InChI=1S/C18H21N3O2/c1-14(22)20-17-8-6-15(7-9-17)13-18(23)21(2)12-10-16-5-3-4-11-19-16/h3-9,11H,10,12-13H2,1-2H3,(H,20,22). The van der Waals surface area contributed by atoms with Crippen LogP contribution < -0.4 is 5.32 Å². The van der Waals surface area contributed by atoms with E-state index in [2.05, 4.69) is 10.3 Å². The Kier molecular flexibility index (Phi) is 5.86. The number of amides is 2. The molecule has 0 unspecified atom stereocenters. The highest BCUT2D eigenvalue weighted by Crippen LogP contribution is 2.11. The lowest BCUT2D eigenvalue weighted by Gasteiger charge is -2.17. The molecule has 1 N–H and O–H groups in total. The summed E-state index contributed by atoms with van der Waals surface area (Å²) < 4.78 is 0. The Labute approximate surface area is 136 Å². The van der Waals surface area contributed by atoms with Crippen molar-refractivity contribution in [3.63, 3.8) is 0 Å². The van der Waals surface area contributed by atoms with E-state index in [9.17, 15) is 9.59 Å². The number of hydrogen-bond acceptors (Lipinski definition) is 3. The summed E-state index contributed by atoms with van der Waals surface area (Å²) in [6, 6.07) is 13.1. The Morgan fingerprint density at radius 3 is 2.48 bits per heavy atom. The minimum absolute atomic E-state index is 0.0632. The summed E-state index contributed by atoms with van der Waals surface area (Å²) in [5, 5.41) is 2.71. The summed E-state index contributed by atoms with van der Waals surface area (Å²) in [5.74, 6) is -0.0451. The van der Waals surface area contributed by atoms with Crippen LogP contribution in [0.25, 0.3) is 0 Å². The molecule has 120 valence electrons.